The van der Waals surface area contributed by atoms with Gasteiger partial charge < -0.3 is 15.4 Å². The van der Waals surface area contributed by atoms with Crippen molar-refractivity contribution in [3.05, 3.63) is 76.9 Å². The van der Waals surface area contributed by atoms with Gasteiger partial charge in [0.1, 0.15) is 11.6 Å². The Morgan fingerprint density at radius 1 is 1.14 bits per heavy atom. The van der Waals surface area contributed by atoms with Gasteiger partial charge in [-0.3, -0.25) is 4.79 Å². The van der Waals surface area contributed by atoms with Gasteiger partial charge in [0.15, 0.2) is 0 Å². The van der Waals surface area contributed by atoms with Crippen LogP contribution in [0.3, 0.4) is 0 Å². The molecule has 0 atom stereocenters. The Balaban J connectivity index is 2.09. The first kappa shape index (κ1) is 19.7. The number of primary amides is 1. The Morgan fingerprint density at radius 3 is 2.46 bits per heavy atom. The number of hydrogen-bond acceptors (Lipinski definition) is 2. The largest absolute Gasteiger partial charge is 0.508 e. The fourth-order valence-corrected chi connectivity index (χ4v) is 3.76. The van der Waals surface area contributed by atoms with E-state index < -0.39 is 5.91 Å². The van der Waals surface area contributed by atoms with Crippen molar-refractivity contribution >= 4 is 5.91 Å². The molecule has 2 aromatic carbocycles. The first-order valence-electron chi connectivity index (χ1n) is 9.48. The lowest BCUT2D eigenvalue weighted by atomic mass is 9.98. The quantitative estimate of drug-likeness (QED) is 0.629. The van der Waals surface area contributed by atoms with Gasteiger partial charge in [0.2, 0.25) is 0 Å². The number of hydrogen-bond donors (Lipinski definition) is 2. The van der Waals surface area contributed by atoms with E-state index in [0.29, 0.717) is 17.7 Å². The molecule has 0 aliphatic heterocycles. The van der Waals surface area contributed by atoms with E-state index in [9.17, 15) is 14.3 Å². The number of carbonyl (C=O) groups excluding carboxylic acids is 1. The van der Waals surface area contributed by atoms with E-state index in [1.807, 2.05) is 25.1 Å². The number of rotatable bonds is 7. The zero-order chi connectivity index (χ0) is 20.3. The SMILES string of the molecule is CCCc1c(-c2cccc(F)c2)c(C(N)=O)c(C)n1CCc1ccc(O)cc1. The summed E-state index contributed by atoms with van der Waals surface area (Å²) < 4.78 is 16.0. The predicted octanol–water partition coefficient (Wildman–Crippen LogP) is 4.60. The summed E-state index contributed by atoms with van der Waals surface area (Å²) in [7, 11) is 0. The molecule has 0 radical (unpaired) electrons. The molecule has 0 fully saturated rings. The number of benzene rings is 2. The Morgan fingerprint density at radius 2 is 1.86 bits per heavy atom. The van der Waals surface area contributed by atoms with Gasteiger partial charge in [0, 0.05) is 23.5 Å². The number of carbonyl (C=O) groups is 1. The molecule has 1 aromatic heterocycles. The second-order valence-corrected chi connectivity index (χ2v) is 6.97. The lowest BCUT2D eigenvalue weighted by Gasteiger charge is -2.13. The highest BCUT2D eigenvalue weighted by molar-refractivity contribution is 6.02. The molecule has 146 valence electrons. The minimum absolute atomic E-state index is 0.233. The molecular weight excluding hydrogens is 355 g/mol. The molecule has 4 nitrogen and oxygen atoms in total. The molecule has 0 unspecified atom stereocenters. The number of nitrogens with two attached hydrogens (primary N) is 1. The van der Waals surface area contributed by atoms with Crippen LogP contribution < -0.4 is 5.73 Å². The van der Waals surface area contributed by atoms with Gasteiger partial charge in [0.05, 0.1) is 5.56 Å². The summed E-state index contributed by atoms with van der Waals surface area (Å²) in [6, 6.07) is 13.4. The molecule has 0 saturated heterocycles. The normalized spacial score (nSPS) is 11.0. The minimum Gasteiger partial charge on any atom is -0.508 e. The minimum atomic E-state index is -0.502. The van der Waals surface area contributed by atoms with E-state index in [4.69, 9.17) is 5.73 Å². The first-order chi connectivity index (χ1) is 13.4. The average Bonchev–Trinajstić information content (AvgIpc) is 2.93. The summed E-state index contributed by atoms with van der Waals surface area (Å²) in [5.74, 6) is -0.612. The molecule has 5 heteroatoms. The lowest BCUT2D eigenvalue weighted by molar-refractivity contribution is 0.1000. The van der Waals surface area contributed by atoms with Crippen molar-refractivity contribution in [3.63, 3.8) is 0 Å². The molecule has 0 bridgehead atoms. The van der Waals surface area contributed by atoms with Crippen molar-refractivity contribution in [1.82, 2.24) is 4.57 Å². The average molecular weight is 380 g/mol. The Hall–Kier alpha value is -3.08. The van der Waals surface area contributed by atoms with Crippen LogP contribution in [0.4, 0.5) is 4.39 Å². The van der Waals surface area contributed by atoms with E-state index in [-0.39, 0.29) is 11.6 Å². The summed E-state index contributed by atoms with van der Waals surface area (Å²) in [5, 5.41) is 9.46. The smallest absolute Gasteiger partial charge is 0.251 e. The topological polar surface area (TPSA) is 68.2 Å². The maximum atomic E-state index is 13.9. The molecular formula is C23H25FN2O2. The van der Waals surface area contributed by atoms with Gasteiger partial charge in [-0.2, -0.15) is 0 Å². The Kier molecular flexibility index (Phi) is 5.83. The van der Waals surface area contributed by atoms with Crippen molar-refractivity contribution in [2.75, 3.05) is 0 Å². The van der Waals surface area contributed by atoms with Crippen LogP contribution >= 0.6 is 0 Å². The molecule has 1 amide bonds. The summed E-state index contributed by atoms with van der Waals surface area (Å²) in [5.41, 5.74) is 10.5. The molecule has 3 aromatic rings. The zero-order valence-electron chi connectivity index (χ0n) is 16.2. The van der Waals surface area contributed by atoms with Crippen LogP contribution in [0, 0.1) is 12.7 Å². The first-order valence-corrected chi connectivity index (χ1v) is 9.48. The second kappa shape index (κ2) is 8.30. The molecule has 0 saturated carbocycles. The van der Waals surface area contributed by atoms with Crippen molar-refractivity contribution in [3.8, 4) is 16.9 Å². The number of nitrogens with zero attached hydrogens (tertiary/aromatic N) is 1. The third-order valence-electron chi connectivity index (χ3n) is 5.04. The van der Waals surface area contributed by atoms with Gasteiger partial charge in [-0.1, -0.05) is 37.6 Å². The third kappa shape index (κ3) is 3.93. The Labute approximate surface area is 164 Å². The van der Waals surface area contributed by atoms with Crippen molar-refractivity contribution < 1.29 is 14.3 Å². The van der Waals surface area contributed by atoms with Crippen LogP contribution in [-0.4, -0.2) is 15.6 Å². The number of phenols is 1. The van der Waals surface area contributed by atoms with Gasteiger partial charge in [-0.05, 0) is 55.2 Å². The number of aromatic nitrogens is 1. The van der Waals surface area contributed by atoms with Crippen LogP contribution in [-0.2, 0) is 19.4 Å². The summed E-state index contributed by atoms with van der Waals surface area (Å²) >= 11 is 0. The van der Waals surface area contributed by atoms with Gasteiger partial charge >= 0.3 is 0 Å². The molecule has 0 aliphatic carbocycles. The van der Waals surface area contributed by atoms with Crippen molar-refractivity contribution in [2.24, 2.45) is 5.73 Å². The fourth-order valence-electron chi connectivity index (χ4n) is 3.76. The van der Waals surface area contributed by atoms with E-state index in [1.54, 1.807) is 18.2 Å². The highest BCUT2D eigenvalue weighted by atomic mass is 19.1. The van der Waals surface area contributed by atoms with Gasteiger partial charge in [-0.25, -0.2) is 4.39 Å². The highest BCUT2D eigenvalue weighted by Crippen LogP contribution is 2.34. The molecule has 28 heavy (non-hydrogen) atoms. The zero-order valence-corrected chi connectivity index (χ0v) is 16.2. The molecule has 0 aliphatic rings. The van der Waals surface area contributed by atoms with Crippen LogP contribution in [0.15, 0.2) is 48.5 Å². The highest BCUT2D eigenvalue weighted by Gasteiger charge is 2.24. The lowest BCUT2D eigenvalue weighted by Crippen LogP contribution is -2.14. The maximum absolute atomic E-state index is 13.9. The number of phenolic OH excluding ortho intramolecular Hbond substituents is 1. The van der Waals surface area contributed by atoms with Crippen LogP contribution in [0.2, 0.25) is 0 Å². The standard InChI is InChI=1S/C23H25FN2O2/c1-3-5-20-22(17-6-4-7-18(24)14-17)21(23(25)28)15(2)26(20)13-12-16-8-10-19(27)11-9-16/h4,6-11,14,27H,3,5,12-13H2,1-2H3,(H2,25,28). The predicted molar refractivity (Wildman–Crippen MR) is 109 cm³/mol. The second-order valence-electron chi connectivity index (χ2n) is 6.97. The summed E-state index contributed by atoms with van der Waals surface area (Å²) in [6.45, 7) is 4.63. The maximum Gasteiger partial charge on any atom is 0.251 e. The number of aromatic hydroxyl groups is 1. The molecule has 3 N–H and O–H groups in total. The van der Waals surface area contributed by atoms with Crippen LogP contribution in [0.25, 0.3) is 11.1 Å². The summed E-state index contributed by atoms with van der Waals surface area (Å²) in [4.78, 5) is 12.3. The third-order valence-corrected chi connectivity index (χ3v) is 5.04. The molecule has 3 rings (SSSR count). The monoisotopic (exact) mass is 380 g/mol. The van der Waals surface area contributed by atoms with E-state index in [0.717, 1.165) is 41.8 Å². The number of aryl methyl sites for hydroxylation is 1. The molecule has 1 heterocycles. The van der Waals surface area contributed by atoms with Crippen molar-refractivity contribution in [1.29, 1.82) is 0 Å². The number of amides is 1. The van der Waals surface area contributed by atoms with E-state index in [1.165, 1.54) is 12.1 Å². The van der Waals surface area contributed by atoms with E-state index >= 15 is 0 Å². The van der Waals surface area contributed by atoms with Crippen LogP contribution in [0.5, 0.6) is 5.75 Å². The summed E-state index contributed by atoms with van der Waals surface area (Å²) in [6.07, 6.45) is 2.39. The van der Waals surface area contributed by atoms with Crippen molar-refractivity contribution in [2.45, 2.75) is 39.7 Å². The van der Waals surface area contributed by atoms with E-state index in [2.05, 4.69) is 11.5 Å². The van der Waals surface area contributed by atoms with Gasteiger partial charge in [0.25, 0.3) is 5.91 Å². The number of halogens is 1. The van der Waals surface area contributed by atoms with Crippen LogP contribution in [0.1, 0.15) is 40.7 Å². The van der Waals surface area contributed by atoms with Gasteiger partial charge in [-0.15, -0.1) is 0 Å². The fraction of sp³-hybridized carbons (Fsp3) is 0.261. The molecule has 0 spiro atoms. The Bertz CT molecular complexity index is 991.